The van der Waals surface area contributed by atoms with Crippen LogP contribution in [-0.2, 0) is 4.74 Å². The summed E-state index contributed by atoms with van der Waals surface area (Å²) in [6.45, 7) is 6.20. The van der Waals surface area contributed by atoms with E-state index in [1.165, 1.54) is 0 Å². The average molecular weight is 237 g/mol. The van der Waals surface area contributed by atoms with Gasteiger partial charge in [-0.15, -0.1) is 0 Å². The van der Waals surface area contributed by atoms with Gasteiger partial charge in [-0.1, -0.05) is 18.2 Å². The molecule has 0 saturated heterocycles. The van der Waals surface area contributed by atoms with Crippen molar-refractivity contribution in [1.29, 1.82) is 0 Å². The highest BCUT2D eigenvalue weighted by Gasteiger charge is 2.13. The third-order valence-corrected chi connectivity index (χ3v) is 2.30. The van der Waals surface area contributed by atoms with Gasteiger partial charge in [0, 0.05) is 19.7 Å². The third-order valence-electron chi connectivity index (χ3n) is 2.30. The predicted octanol–water partition coefficient (Wildman–Crippen LogP) is 2.54. The summed E-state index contributed by atoms with van der Waals surface area (Å²) < 4.78 is 10.4. The first-order chi connectivity index (χ1) is 8.27. The van der Waals surface area contributed by atoms with Crippen LogP contribution >= 0.6 is 0 Å². The maximum atomic E-state index is 11.8. The summed E-state index contributed by atoms with van der Waals surface area (Å²) in [7, 11) is 0. The van der Waals surface area contributed by atoms with Crippen molar-refractivity contribution in [2.24, 2.45) is 0 Å². The third kappa shape index (κ3) is 4.87. The molecule has 17 heavy (non-hydrogen) atoms. The van der Waals surface area contributed by atoms with Crippen LogP contribution in [0.2, 0.25) is 0 Å². The van der Waals surface area contributed by atoms with Crippen LogP contribution in [0.5, 0.6) is 5.75 Å². The van der Waals surface area contributed by atoms with E-state index in [4.69, 9.17) is 9.47 Å². The van der Waals surface area contributed by atoms with Gasteiger partial charge in [0.1, 0.15) is 5.75 Å². The highest BCUT2D eigenvalue weighted by molar-refractivity contribution is 5.70. The molecular weight excluding hydrogens is 218 g/mol. The molecule has 94 valence electrons. The SMILES string of the molecule is CCOCCN(CC)C(=O)Oc1ccccc1. The van der Waals surface area contributed by atoms with Gasteiger partial charge in [0.15, 0.2) is 0 Å². The van der Waals surface area contributed by atoms with Crippen molar-refractivity contribution in [3.8, 4) is 5.75 Å². The van der Waals surface area contributed by atoms with Crippen LogP contribution in [-0.4, -0.2) is 37.3 Å². The molecule has 4 heteroatoms. The largest absolute Gasteiger partial charge is 0.415 e. The van der Waals surface area contributed by atoms with Crippen LogP contribution in [0.1, 0.15) is 13.8 Å². The van der Waals surface area contributed by atoms with Crippen LogP contribution in [0, 0.1) is 0 Å². The molecule has 0 N–H and O–H groups in total. The Morgan fingerprint density at radius 2 is 1.94 bits per heavy atom. The smallest absolute Gasteiger partial charge is 0.410 e. The van der Waals surface area contributed by atoms with Gasteiger partial charge in [-0.25, -0.2) is 4.79 Å². The number of carbonyl (C=O) groups is 1. The van der Waals surface area contributed by atoms with Crippen LogP contribution < -0.4 is 4.74 Å². The molecule has 0 fully saturated rings. The molecule has 0 aromatic heterocycles. The van der Waals surface area contributed by atoms with E-state index < -0.39 is 0 Å². The quantitative estimate of drug-likeness (QED) is 0.714. The van der Waals surface area contributed by atoms with Gasteiger partial charge < -0.3 is 14.4 Å². The number of amides is 1. The molecule has 0 aliphatic carbocycles. The summed E-state index contributed by atoms with van der Waals surface area (Å²) >= 11 is 0. The second kappa shape index (κ2) is 7.68. The number of rotatable bonds is 6. The highest BCUT2D eigenvalue weighted by Crippen LogP contribution is 2.10. The Morgan fingerprint density at radius 1 is 1.24 bits per heavy atom. The van der Waals surface area contributed by atoms with Gasteiger partial charge in [-0.3, -0.25) is 0 Å². The zero-order valence-electron chi connectivity index (χ0n) is 10.4. The molecule has 0 unspecified atom stereocenters. The number of hydrogen-bond donors (Lipinski definition) is 0. The molecule has 4 nitrogen and oxygen atoms in total. The number of nitrogens with zero attached hydrogens (tertiary/aromatic N) is 1. The molecule has 0 atom stereocenters. The van der Waals surface area contributed by atoms with Crippen molar-refractivity contribution in [2.45, 2.75) is 13.8 Å². The fourth-order valence-corrected chi connectivity index (χ4v) is 1.35. The van der Waals surface area contributed by atoms with Crippen LogP contribution in [0.4, 0.5) is 4.79 Å². The summed E-state index contributed by atoms with van der Waals surface area (Å²) in [5.74, 6) is 0.562. The fourth-order valence-electron chi connectivity index (χ4n) is 1.35. The number of carbonyl (C=O) groups excluding carboxylic acids is 1. The normalized spacial score (nSPS) is 10.0. The Balaban J connectivity index is 2.43. The lowest BCUT2D eigenvalue weighted by atomic mass is 10.3. The molecule has 0 spiro atoms. The molecule has 1 aromatic rings. The molecule has 1 rings (SSSR count). The van der Waals surface area contributed by atoms with Gasteiger partial charge in [-0.2, -0.15) is 0 Å². The Labute approximate surface area is 102 Å². The lowest BCUT2D eigenvalue weighted by Gasteiger charge is -2.19. The first-order valence-corrected chi connectivity index (χ1v) is 5.87. The zero-order valence-corrected chi connectivity index (χ0v) is 10.4. The summed E-state index contributed by atoms with van der Waals surface area (Å²) in [4.78, 5) is 13.4. The van der Waals surface area contributed by atoms with Gasteiger partial charge >= 0.3 is 6.09 Å². The van der Waals surface area contributed by atoms with Crippen molar-refractivity contribution in [1.82, 2.24) is 4.90 Å². The summed E-state index contributed by atoms with van der Waals surface area (Å²) in [6.07, 6.45) is -0.335. The van der Waals surface area contributed by atoms with E-state index in [0.29, 0.717) is 32.1 Å². The summed E-state index contributed by atoms with van der Waals surface area (Å²) in [5, 5.41) is 0. The van der Waals surface area contributed by atoms with Crippen LogP contribution in [0.3, 0.4) is 0 Å². The number of ether oxygens (including phenoxy) is 2. The maximum absolute atomic E-state index is 11.8. The van der Waals surface area contributed by atoms with Gasteiger partial charge in [0.05, 0.1) is 6.61 Å². The van der Waals surface area contributed by atoms with E-state index in [1.54, 1.807) is 17.0 Å². The zero-order chi connectivity index (χ0) is 12.5. The minimum absolute atomic E-state index is 0.335. The molecule has 0 saturated carbocycles. The van der Waals surface area contributed by atoms with Crippen molar-refractivity contribution in [3.05, 3.63) is 30.3 Å². The molecule has 0 aliphatic rings. The Kier molecular flexibility index (Phi) is 6.10. The highest BCUT2D eigenvalue weighted by atomic mass is 16.6. The lowest BCUT2D eigenvalue weighted by molar-refractivity contribution is 0.106. The minimum Gasteiger partial charge on any atom is -0.410 e. The standard InChI is InChI=1S/C13H19NO3/c1-3-14(10-11-16-4-2)13(15)17-12-8-6-5-7-9-12/h5-9H,3-4,10-11H2,1-2H3. The summed E-state index contributed by atoms with van der Waals surface area (Å²) in [6, 6.07) is 9.06. The van der Waals surface area contributed by atoms with E-state index in [1.807, 2.05) is 32.0 Å². The van der Waals surface area contributed by atoms with E-state index in [9.17, 15) is 4.79 Å². The minimum atomic E-state index is -0.335. The van der Waals surface area contributed by atoms with Crippen LogP contribution in [0.25, 0.3) is 0 Å². The predicted molar refractivity (Wildman–Crippen MR) is 66.2 cm³/mol. The topological polar surface area (TPSA) is 38.8 Å². The number of para-hydroxylation sites is 1. The maximum Gasteiger partial charge on any atom is 0.415 e. The molecule has 0 heterocycles. The molecule has 1 aromatic carbocycles. The van der Waals surface area contributed by atoms with E-state index in [-0.39, 0.29) is 6.09 Å². The van der Waals surface area contributed by atoms with Crippen molar-refractivity contribution >= 4 is 6.09 Å². The van der Waals surface area contributed by atoms with Gasteiger partial charge in [0.2, 0.25) is 0 Å². The van der Waals surface area contributed by atoms with E-state index in [2.05, 4.69) is 0 Å². The Bertz CT molecular complexity index is 327. The Morgan fingerprint density at radius 3 is 2.53 bits per heavy atom. The fraction of sp³-hybridized carbons (Fsp3) is 0.462. The van der Waals surface area contributed by atoms with Crippen molar-refractivity contribution in [2.75, 3.05) is 26.3 Å². The van der Waals surface area contributed by atoms with E-state index >= 15 is 0 Å². The molecule has 0 bridgehead atoms. The molecule has 0 aliphatic heterocycles. The van der Waals surface area contributed by atoms with Gasteiger partial charge in [-0.05, 0) is 26.0 Å². The van der Waals surface area contributed by atoms with Crippen LogP contribution in [0.15, 0.2) is 30.3 Å². The summed E-state index contributed by atoms with van der Waals surface area (Å²) in [5.41, 5.74) is 0. The monoisotopic (exact) mass is 237 g/mol. The van der Waals surface area contributed by atoms with Crippen molar-refractivity contribution in [3.63, 3.8) is 0 Å². The second-order valence-electron chi connectivity index (χ2n) is 3.46. The molecular formula is C13H19NO3. The van der Waals surface area contributed by atoms with Crippen molar-refractivity contribution < 1.29 is 14.3 Å². The lowest BCUT2D eigenvalue weighted by Crippen LogP contribution is -2.36. The number of benzene rings is 1. The van der Waals surface area contributed by atoms with E-state index in [0.717, 1.165) is 0 Å². The first-order valence-electron chi connectivity index (χ1n) is 5.87. The first kappa shape index (κ1) is 13.5. The average Bonchev–Trinajstić information content (AvgIpc) is 2.36. The Hall–Kier alpha value is -1.55. The molecule has 0 radical (unpaired) electrons. The molecule has 1 amide bonds. The number of likely N-dealkylation sites (N-methyl/N-ethyl adjacent to an activating group) is 1. The second-order valence-corrected chi connectivity index (χ2v) is 3.46. The van der Waals surface area contributed by atoms with Gasteiger partial charge in [0.25, 0.3) is 0 Å². The number of hydrogen-bond acceptors (Lipinski definition) is 3.